The van der Waals surface area contributed by atoms with Crippen LogP contribution < -0.4 is 4.90 Å². The molecule has 2 aromatic rings. The number of anilines is 1. The van der Waals surface area contributed by atoms with Gasteiger partial charge in [-0.05, 0) is 54.7 Å². The molecule has 0 bridgehead atoms. The fraction of sp³-hybridized carbons (Fsp3) is 0.278. The average molecular weight is 281 g/mol. The second-order valence-electron chi connectivity index (χ2n) is 5.60. The minimum absolute atomic E-state index is 0.357. The van der Waals surface area contributed by atoms with E-state index in [1.165, 1.54) is 23.2 Å². The van der Waals surface area contributed by atoms with Crippen molar-refractivity contribution in [3.63, 3.8) is 0 Å². The molecular formula is C18H19NO2. The molecule has 0 atom stereocenters. The van der Waals surface area contributed by atoms with Gasteiger partial charge in [0.25, 0.3) is 0 Å². The van der Waals surface area contributed by atoms with Crippen LogP contribution in [-0.2, 0) is 13.0 Å². The maximum atomic E-state index is 11.0. The second-order valence-corrected chi connectivity index (χ2v) is 5.60. The highest BCUT2D eigenvalue weighted by Crippen LogP contribution is 2.28. The Morgan fingerprint density at radius 3 is 2.81 bits per heavy atom. The predicted molar refractivity (Wildman–Crippen MR) is 84.0 cm³/mol. The van der Waals surface area contributed by atoms with Crippen molar-refractivity contribution in [3.05, 3.63) is 64.7 Å². The van der Waals surface area contributed by atoms with E-state index >= 15 is 0 Å². The number of aromatic carboxylic acids is 1. The summed E-state index contributed by atoms with van der Waals surface area (Å²) in [6, 6.07) is 13.9. The topological polar surface area (TPSA) is 40.5 Å². The summed E-state index contributed by atoms with van der Waals surface area (Å²) in [6.07, 6.45) is 2.31. The minimum atomic E-state index is -0.868. The van der Waals surface area contributed by atoms with Crippen LogP contribution in [-0.4, -0.2) is 17.6 Å². The summed E-state index contributed by atoms with van der Waals surface area (Å²) in [4.78, 5) is 13.4. The fourth-order valence-electron chi connectivity index (χ4n) is 2.99. The second kappa shape index (κ2) is 5.60. The van der Waals surface area contributed by atoms with Gasteiger partial charge in [0.15, 0.2) is 0 Å². The Morgan fingerprint density at radius 2 is 2.05 bits per heavy atom. The first-order valence-corrected chi connectivity index (χ1v) is 7.31. The molecule has 2 aromatic carbocycles. The Balaban J connectivity index is 1.86. The normalized spacial score (nSPS) is 13.9. The van der Waals surface area contributed by atoms with Crippen molar-refractivity contribution < 1.29 is 9.90 Å². The van der Waals surface area contributed by atoms with Crippen LogP contribution in [0.5, 0.6) is 0 Å². The number of carbonyl (C=O) groups is 1. The smallest absolute Gasteiger partial charge is 0.335 e. The zero-order chi connectivity index (χ0) is 14.8. The molecule has 3 rings (SSSR count). The standard InChI is InChI=1S/C18H19NO2/c1-13-11-15(18(20)21)8-9-16(13)12-19-10-4-6-14-5-2-3-7-17(14)19/h2-3,5,7-9,11H,4,6,10,12H2,1H3,(H,20,21). The highest BCUT2D eigenvalue weighted by atomic mass is 16.4. The molecule has 3 heteroatoms. The Kier molecular flexibility index (Phi) is 3.65. The van der Waals surface area contributed by atoms with Crippen LogP contribution >= 0.6 is 0 Å². The van der Waals surface area contributed by atoms with Gasteiger partial charge in [-0.1, -0.05) is 24.3 Å². The summed E-state index contributed by atoms with van der Waals surface area (Å²) in [5.74, 6) is -0.868. The highest BCUT2D eigenvalue weighted by molar-refractivity contribution is 5.87. The maximum absolute atomic E-state index is 11.0. The molecule has 0 saturated carbocycles. The van der Waals surface area contributed by atoms with Crippen LogP contribution in [0.15, 0.2) is 42.5 Å². The maximum Gasteiger partial charge on any atom is 0.335 e. The molecule has 1 aliphatic rings. The Labute approximate surface area is 124 Å². The van der Waals surface area contributed by atoms with E-state index < -0.39 is 5.97 Å². The fourth-order valence-corrected chi connectivity index (χ4v) is 2.99. The number of rotatable bonds is 3. The van der Waals surface area contributed by atoms with Crippen molar-refractivity contribution >= 4 is 11.7 Å². The van der Waals surface area contributed by atoms with Gasteiger partial charge in [-0.15, -0.1) is 0 Å². The molecule has 1 N–H and O–H groups in total. The number of para-hydroxylation sites is 1. The van der Waals surface area contributed by atoms with Crippen molar-refractivity contribution in [2.24, 2.45) is 0 Å². The third-order valence-electron chi connectivity index (χ3n) is 4.16. The van der Waals surface area contributed by atoms with Crippen molar-refractivity contribution in [1.82, 2.24) is 0 Å². The summed E-state index contributed by atoms with van der Waals surface area (Å²) in [7, 11) is 0. The van der Waals surface area contributed by atoms with E-state index in [0.29, 0.717) is 5.56 Å². The number of hydrogen-bond donors (Lipinski definition) is 1. The van der Waals surface area contributed by atoms with Gasteiger partial charge in [0.2, 0.25) is 0 Å². The van der Waals surface area contributed by atoms with Crippen LogP contribution in [0.2, 0.25) is 0 Å². The van der Waals surface area contributed by atoms with Gasteiger partial charge >= 0.3 is 5.97 Å². The van der Waals surface area contributed by atoms with Crippen molar-refractivity contribution in [1.29, 1.82) is 0 Å². The lowest BCUT2D eigenvalue weighted by molar-refractivity contribution is 0.0697. The van der Waals surface area contributed by atoms with Gasteiger partial charge in [0, 0.05) is 18.8 Å². The molecule has 0 aliphatic carbocycles. The number of aryl methyl sites for hydroxylation is 2. The SMILES string of the molecule is Cc1cc(C(=O)O)ccc1CN1CCCc2ccccc21. The summed E-state index contributed by atoms with van der Waals surface area (Å²) < 4.78 is 0. The van der Waals surface area contributed by atoms with E-state index in [-0.39, 0.29) is 0 Å². The average Bonchev–Trinajstić information content (AvgIpc) is 2.49. The lowest BCUT2D eigenvalue weighted by Crippen LogP contribution is -2.29. The lowest BCUT2D eigenvalue weighted by atomic mass is 9.99. The van der Waals surface area contributed by atoms with Gasteiger partial charge in [-0.3, -0.25) is 0 Å². The van der Waals surface area contributed by atoms with E-state index in [0.717, 1.165) is 25.1 Å². The molecule has 0 spiro atoms. The third kappa shape index (κ3) is 2.77. The molecule has 1 heterocycles. The summed E-state index contributed by atoms with van der Waals surface area (Å²) in [5.41, 5.74) is 5.30. The van der Waals surface area contributed by atoms with Crippen LogP contribution in [0.4, 0.5) is 5.69 Å². The summed E-state index contributed by atoms with van der Waals surface area (Å²) in [5, 5.41) is 9.04. The largest absolute Gasteiger partial charge is 0.478 e. The van der Waals surface area contributed by atoms with Gasteiger partial charge in [-0.2, -0.15) is 0 Å². The quantitative estimate of drug-likeness (QED) is 0.933. The van der Waals surface area contributed by atoms with E-state index in [1.54, 1.807) is 12.1 Å². The number of nitrogens with zero attached hydrogens (tertiary/aromatic N) is 1. The summed E-state index contributed by atoms with van der Waals surface area (Å²) >= 11 is 0. The predicted octanol–water partition coefficient (Wildman–Crippen LogP) is 3.65. The first kappa shape index (κ1) is 13.7. The molecule has 0 aromatic heterocycles. The molecule has 108 valence electrons. The molecule has 0 amide bonds. The molecule has 0 saturated heterocycles. The molecule has 0 fully saturated rings. The monoisotopic (exact) mass is 281 g/mol. The van der Waals surface area contributed by atoms with E-state index in [2.05, 4.69) is 29.2 Å². The highest BCUT2D eigenvalue weighted by Gasteiger charge is 2.17. The summed E-state index contributed by atoms with van der Waals surface area (Å²) in [6.45, 7) is 3.87. The molecule has 1 aliphatic heterocycles. The van der Waals surface area contributed by atoms with Gasteiger partial charge < -0.3 is 10.0 Å². The van der Waals surface area contributed by atoms with E-state index in [9.17, 15) is 4.79 Å². The molecular weight excluding hydrogens is 262 g/mol. The first-order chi connectivity index (χ1) is 10.1. The first-order valence-electron chi connectivity index (χ1n) is 7.31. The number of hydrogen-bond acceptors (Lipinski definition) is 2. The Morgan fingerprint density at radius 1 is 1.24 bits per heavy atom. The zero-order valence-electron chi connectivity index (χ0n) is 12.2. The molecule has 21 heavy (non-hydrogen) atoms. The number of benzene rings is 2. The molecule has 3 nitrogen and oxygen atoms in total. The third-order valence-corrected chi connectivity index (χ3v) is 4.16. The molecule has 0 unspecified atom stereocenters. The van der Waals surface area contributed by atoms with Gasteiger partial charge in [-0.25, -0.2) is 4.79 Å². The number of fused-ring (bicyclic) bond motifs is 1. The lowest BCUT2D eigenvalue weighted by Gasteiger charge is -2.31. The number of carboxylic acids is 1. The Hall–Kier alpha value is -2.29. The van der Waals surface area contributed by atoms with Crippen LogP contribution in [0.1, 0.15) is 33.5 Å². The zero-order valence-corrected chi connectivity index (χ0v) is 12.2. The number of carboxylic acid groups (broad SMARTS) is 1. The van der Waals surface area contributed by atoms with Crippen LogP contribution in [0.3, 0.4) is 0 Å². The van der Waals surface area contributed by atoms with Crippen LogP contribution in [0.25, 0.3) is 0 Å². The van der Waals surface area contributed by atoms with E-state index in [4.69, 9.17) is 5.11 Å². The molecule has 0 radical (unpaired) electrons. The van der Waals surface area contributed by atoms with Crippen molar-refractivity contribution in [2.45, 2.75) is 26.3 Å². The Bertz CT molecular complexity index is 679. The van der Waals surface area contributed by atoms with Gasteiger partial charge in [0.1, 0.15) is 0 Å². The van der Waals surface area contributed by atoms with E-state index in [1.807, 2.05) is 13.0 Å². The van der Waals surface area contributed by atoms with Crippen LogP contribution in [0, 0.1) is 6.92 Å². The van der Waals surface area contributed by atoms with Crippen molar-refractivity contribution in [3.8, 4) is 0 Å². The van der Waals surface area contributed by atoms with Gasteiger partial charge in [0.05, 0.1) is 5.56 Å². The van der Waals surface area contributed by atoms with Crippen molar-refractivity contribution in [2.75, 3.05) is 11.4 Å². The minimum Gasteiger partial charge on any atom is -0.478 e.